The van der Waals surface area contributed by atoms with E-state index in [1.807, 2.05) is 45.0 Å². The first-order valence-electron chi connectivity index (χ1n) is 8.95. The highest BCUT2D eigenvalue weighted by Gasteiger charge is 2.18. The van der Waals surface area contributed by atoms with Crippen molar-refractivity contribution in [3.8, 4) is 5.75 Å². The van der Waals surface area contributed by atoms with Crippen molar-refractivity contribution < 1.29 is 9.53 Å². The van der Waals surface area contributed by atoms with Crippen LogP contribution in [0.3, 0.4) is 0 Å². The second kappa shape index (κ2) is 8.70. The highest BCUT2D eigenvalue weighted by molar-refractivity contribution is 5.81. The van der Waals surface area contributed by atoms with E-state index in [1.165, 1.54) is 11.1 Å². The van der Waals surface area contributed by atoms with Gasteiger partial charge in [-0.05, 0) is 75.8 Å². The normalized spacial score (nSPS) is 13.2. The molecule has 0 aliphatic rings. The number of carbonyl (C=O) groups is 1. The van der Waals surface area contributed by atoms with Crippen molar-refractivity contribution in [1.29, 1.82) is 0 Å². The van der Waals surface area contributed by atoms with E-state index in [2.05, 4.69) is 30.4 Å². The van der Waals surface area contributed by atoms with E-state index >= 15 is 0 Å². The summed E-state index contributed by atoms with van der Waals surface area (Å²) < 4.78 is 5.92. The number of nitrogens with one attached hydrogen (secondary N) is 1. The molecule has 3 nitrogen and oxygen atoms in total. The van der Waals surface area contributed by atoms with Crippen molar-refractivity contribution in [2.45, 2.75) is 59.6 Å². The molecule has 0 heterocycles. The molecule has 0 bridgehead atoms. The molecule has 134 valence electrons. The van der Waals surface area contributed by atoms with Crippen LogP contribution in [0.1, 0.15) is 42.5 Å². The second-order valence-electron chi connectivity index (χ2n) is 6.90. The average molecular weight is 339 g/mol. The van der Waals surface area contributed by atoms with Crippen LogP contribution in [0.2, 0.25) is 0 Å². The number of hydrogen-bond donors (Lipinski definition) is 1. The molecule has 25 heavy (non-hydrogen) atoms. The van der Waals surface area contributed by atoms with Gasteiger partial charge in [0.15, 0.2) is 6.10 Å². The van der Waals surface area contributed by atoms with E-state index in [9.17, 15) is 4.79 Å². The third-order valence-electron chi connectivity index (χ3n) is 4.53. The van der Waals surface area contributed by atoms with Crippen LogP contribution in [-0.4, -0.2) is 18.1 Å². The van der Waals surface area contributed by atoms with Crippen LogP contribution < -0.4 is 10.1 Å². The lowest BCUT2D eigenvalue weighted by Crippen LogP contribution is -2.41. The standard InChI is InChI=1S/C22H29NO2/c1-15-13-16(2)18(4)21(14-15)25-19(5)22(24)23-17(3)11-12-20-9-7-6-8-10-20/h6-10,13-14,17,19H,11-12H2,1-5H3,(H,23,24)/t17-,19+/m1/s1. The molecule has 0 fully saturated rings. The highest BCUT2D eigenvalue weighted by atomic mass is 16.5. The van der Waals surface area contributed by atoms with Gasteiger partial charge in [0.2, 0.25) is 0 Å². The zero-order valence-corrected chi connectivity index (χ0v) is 15.9. The van der Waals surface area contributed by atoms with E-state index in [0.717, 1.165) is 29.7 Å². The van der Waals surface area contributed by atoms with Crippen molar-refractivity contribution in [3.05, 3.63) is 64.7 Å². The Hall–Kier alpha value is -2.29. The molecule has 0 saturated carbocycles. The van der Waals surface area contributed by atoms with E-state index in [1.54, 1.807) is 6.92 Å². The Labute approximate surface area is 151 Å². The molecular formula is C22H29NO2. The molecule has 0 radical (unpaired) electrons. The Bertz CT molecular complexity index is 709. The number of carbonyl (C=O) groups excluding carboxylic acids is 1. The first-order valence-corrected chi connectivity index (χ1v) is 8.95. The van der Waals surface area contributed by atoms with Gasteiger partial charge in [-0.25, -0.2) is 0 Å². The van der Waals surface area contributed by atoms with Crippen LogP contribution in [0.25, 0.3) is 0 Å². The highest BCUT2D eigenvalue weighted by Crippen LogP contribution is 2.24. The number of benzene rings is 2. The smallest absolute Gasteiger partial charge is 0.260 e. The molecule has 2 aromatic rings. The number of ether oxygens (including phenoxy) is 1. The Morgan fingerprint density at radius 2 is 1.76 bits per heavy atom. The largest absolute Gasteiger partial charge is 0.481 e. The number of rotatable bonds is 7. The molecule has 2 atom stereocenters. The minimum absolute atomic E-state index is 0.0703. The van der Waals surface area contributed by atoms with Crippen molar-refractivity contribution in [2.24, 2.45) is 0 Å². The summed E-state index contributed by atoms with van der Waals surface area (Å²) in [7, 11) is 0. The summed E-state index contributed by atoms with van der Waals surface area (Å²) in [5, 5.41) is 3.05. The molecule has 1 amide bonds. The number of hydrogen-bond acceptors (Lipinski definition) is 2. The molecule has 0 aliphatic carbocycles. The van der Waals surface area contributed by atoms with Gasteiger partial charge in [-0.1, -0.05) is 36.4 Å². The van der Waals surface area contributed by atoms with Crippen LogP contribution in [0.5, 0.6) is 5.75 Å². The molecule has 0 aliphatic heterocycles. The molecule has 0 saturated heterocycles. The maximum absolute atomic E-state index is 12.4. The first-order chi connectivity index (χ1) is 11.9. The SMILES string of the molecule is Cc1cc(C)c(C)c(O[C@@H](C)C(=O)N[C@H](C)CCc2ccccc2)c1. The van der Waals surface area contributed by atoms with Gasteiger partial charge < -0.3 is 10.1 Å². The van der Waals surface area contributed by atoms with E-state index in [4.69, 9.17) is 4.74 Å². The van der Waals surface area contributed by atoms with Gasteiger partial charge in [-0.2, -0.15) is 0 Å². The summed E-state index contributed by atoms with van der Waals surface area (Å²) >= 11 is 0. The maximum atomic E-state index is 12.4. The summed E-state index contributed by atoms with van der Waals surface area (Å²) in [6.45, 7) is 9.96. The predicted octanol–water partition coefficient (Wildman–Crippen LogP) is 4.52. The molecule has 1 N–H and O–H groups in total. The van der Waals surface area contributed by atoms with E-state index in [0.29, 0.717) is 0 Å². The van der Waals surface area contributed by atoms with Crippen molar-refractivity contribution in [3.63, 3.8) is 0 Å². The molecule has 0 aromatic heterocycles. The summed E-state index contributed by atoms with van der Waals surface area (Å²) in [6.07, 6.45) is 1.35. The average Bonchev–Trinajstić information content (AvgIpc) is 2.58. The third-order valence-corrected chi connectivity index (χ3v) is 4.53. The van der Waals surface area contributed by atoms with E-state index < -0.39 is 6.10 Å². The topological polar surface area (TPSA) is 38.3 Å². The molecule has 2 rings (SSSR count). The van der Waals surface area contributed by atoms with Crippen molar-refractivity contribution in [2.75, 3.05) is 0 Å². The molecule has 2 aromatic carbocycles. The molecule has 3 heteroatoms. The minimum atomic E-state index is -0.515. The monoisotopic (exact) mass is 339 g/mol. The van der Waals surface area contributed by atoms with Crippen LogP contribution in [0.15, 0.2) is 42.5 Å². The zero-order valence-electron chi connectivity index (χ0n) is 15.9. The summed E-state index contributed by atoms with van der Waals surface area (Å²) in [5.41, 5.74) is 4.70. The maximum Gasteiger partial charge on any atom is 0.260 e. The van der Waals surface area contributed by atoms with Crippen LogP contribution in [0.4, 0.5) is 0 Å². The molecule has 0 spiro atoms. The number of aryl methyl sites for hydroxylation is 3. The van der Waals surface area contributed by atoms with Crippen molar-refractivity contribution in [1.82, 2.24) is 5.32 Å². The Morgan fingerprint density at radius 3 is 2.44 bits per heavy atom. The van der Waals surface area contributed by atoms with Gasteiger partial charge in [0.25, 0.3) is 5.91 Å². The van der Waals surface area contributed by atoms with Crippen molar-refractivity contribution >= 4 is 5.91 Å². The Kier molecular flexibility index (Phi) is 6.63. The van der Waals surface area contributed by atoms with Gasteiger partial charge in [-0.3, -0.25) is 4.79 Å². The number of amides is 1. The van der Waals surface area contributed by atoms with Crippen LogP contribution in [0, 0.1) is 20.8 Å². The fourth-order valence-corrected chi connectivity index (χ4v) is 2.83. The quantitative estimate of drug-likeness (QED) is 0.805. The zero-order chi connectivity index (χ0) is 18.4. The fraction of sp³-hybridized carbons (Fsp3) is 0.409. The van der Waals surface area contributed by atoms with Gasteiger partial charge in [0.05, 0.1) is 0 Å². The van der Waals surface area contributed by atoms with Gasteiger partial charge in [-0.15, -0.1) is 0 Å². The Balaban J connectivity index is 1.87. The van der Waals surface area contributed by atoms with E-state index in [-0.39, 0.29) is 11.9 Å². The Morgan fingerprint density at radius 1 is 1.08 bits per heavy atom. The predicted molar refractivity (Wildman–Crippen MR) is 103 cm³/mol. The van der Waals surface area contributed by atoms with Crippen LogP contribution >= 0.6 is 0 Å². The lowest BCUT2D eigenvalue weighted by Gasteiger charge is -2.20. The minimum Gasteiger partial charge on any atom is -0.481 e. The fourth-order valence-electron chi connectivity index (χ4n) is 2.83. The lowest BCUT2D eigenvalue weighted by atomic mass is 10.1. The third kappa shape index (κ3) is 5.63. The second-order valence-corrected chi connectivity index (χ2v) is 6.90. The summed E-state index contributed by atoms with van der Waals surface area (Å²) in [6, 6.07) is 14.6. The molecular weight excluding hydrogens is 310 g/mol. The molecule has 0 unspecified atom stereocenters. The van der Waals surface area contributed by atoms with Gasteiger partial charge in [0, 0.05) is 6.04 Å². The lowest BCUT2D eigenvalue weighted by molar-refractivity contribution is -0.127. The van der Waals surface area contributed by atoms with Gasteiger partial charge >= 0.3 is 0 Å². The summed E-state index contributed by atoms with van der Waals surface area (Å²) in [4.78, 5) is 12.4. The first kappa shape index (κ1) is 19.0. The summed E-state index contributed by atoms with van der Waals surface area (Å²) in [5.74, 6) is 0.719. The van der Waals surface area contributed by atoms with Gasteiger partial charge in [0.1, 0.15) is 5.75 Å². The van der Waals surface area contributed by atoms with Crippen LogP contribution in [-0.2, 0) is 11.2 Å².